The minimum absolute atomic E-state index is 0.00211. The fourth-order valence-corrected chi connectivity index (χ4v) is 2.38. The first-order valence-electron chi connectivity index (χ1n) is 6.45. The number of benzene rings is 1. The van der Waals surface area contributed by atoms with Gasteiger partial charge in [0.05, 0.1) is 21.6 Å². The third-order valence-electron chi connectivity index (χ3n) is 3.15. The van der Waals surface area contributed by atoms with Gasteiger partial charge in [0.1, 0.15) is 0 Å². The van der Waals surface area contributed by atoms with Crippen LogP contribution in [0.1, 0.15) is 16.1 Å². The number of aromatic nitrogens is 2. The van der Waals surface area contributed by atoms with E-state index in [1.165, 1.54) is 35.2 Å². The van der Waals surface area contributed by atoms with Crippen LogP contribution in [-0.2, 0) is 7.05 Å². The Kier molecular flexibility index (Phi) is 3.75. The lowest BCUT2D eigenvalue weighted by molar-refractivity contribution is -0.385. The quantitative estimate of drug-likeness (QED) is 0.369. The van der Waals surface area contributed by atoms with Crippen LogP contribution in [0.3, 0.4) is 0 Å². The molecule has 0 fully saturated rings. The molecule has 0 radical (unpaired) electrons. The topological polar surface area (TPSA) is 96.5 Å². The number of allylic oxidation sites excluding steroid dienone is 1. The van der Waals surface area contributed by atoms with Gasteiger partial charge < -0.3 is 9.47 Å². The highest BCUT2D eigenvalue weighted by molar-refractivity contribution is 6.34. The van der Waals surface area contributed by atoms with E-state index in [2.05, 4.69) is 5.10 Å². The Morgan fingerprint density at radius 3 is 2.74 bits per heavy atom. The molecule has 0 atom stereocenters. The van der Waals surface area contributed by atoms with E-state index in [-0.39, 0.29) is 28.8 Å². The number of nitrogens with zero attached hydrogens (tertiary/aromatic N) is 3. The molecule has 0 N–H and O–H groups in total. The van der Waals surface area contributed by atoms with Crippen molar-refractivity contribution in [2.24, 2.45) is 7.05 Å². The summed E-state index contributed by atoms with van der Waals surface area (Å²) >= 11 is 5.90. The van der Waals surface area contributed by atoms with Crippen LogP contribution >= 0.6 is 11.6 Å². The lowest BCUT2D eigenvalue weighted by atomic mass is 10.1. The molecule has 3 rings (SSSR count). The maximum Gasteiger partial charge on any atom is 0.280 e. The smallest absolute Gasteiger partial charge is 0.280 e. The van der Waals surface area contributed by atoms with Crippen molar-refractivity contribution in [3.8, 4) is 11.5 Å². The number of hydrogen-bond donors (Lipinski definition) is 0. The van der Waals surface area contributed by atoms with Crippen molar-refractivity contribution in [3.05, 3.63) is 50.8 Å². The zero-order chi connectivity index (χ0) is 16.6. The Morgan fingerprint density at radius 1 is 1.43 bits per heavy atom. The Morgan fingerprint density at radius 2 is 2.13 bits per heavy atom. The summed E-state index contributed by atoms with van der Waals surface area (Å²) in [5, 5.41) is 15.3. The van der Waals surface area contributed by atoms with Gasteiger partial charge >= 0.3 is 0 Å². The number of nitro groups is 1. The normalized spacial score (nSPS) is 12.8. The molecule has 9 heteroatoms. The van der Waals surface area contributed by atoms with Crippen molar-refractivity contribution in [2.75, 3.05) is 6.79 Å². The van der Waals surface area contributed by atoms with Gasteiger partial charge in [-0.3, -0.25) is 19.6 Å². The van der Waals surface area contributed by atoms with E-state index in [4.69, 9.17) is 21.1 Å². The Balaban J connectivity index is 1.94. The van der Waals surface area contributed by atoms with E-state index in [0.717, 1.165) is 0 Å². The molecule has 0 amide bonds. The van der Waals surface area contributed by atoms with Crippen molar-refractivity contribution in [3.63, 3.8) is 0 Å². The predicted molar refractivity (Wildman–Crippen MR) is 80.8 cm³/mol. The number of carbonyl (C=O) groups is 1. The molecule has 0 unspecified atom stereocenters. The summed E-state index contributed by atoms with van der Waals surface area (Å²) in [7, 11) is 1.63. The molecule has 0 bridgehead atoms. The summed E-state index contributed by atoms with van der Waals surface area (Å²) in [6.45, 7) is 0.00211. The molecule has 0 aliphatic carbocycles. The van der Waals surface area contributed by atoms with Crippen molar-refractivity contribution in [2.45, 2.75) is 0 Å². The van der Waals surface area contributed by atoms with Gasteiger partial charge in [-0.05, 0) is 18.2 Å². The van der Waals surface area contributed by atoms with E-state index in [1.54, 1.807) is 7.05 Å². The van der Waals surface area contributed by atoms with E-state index >= 15 is 0 Å². The molecular formula is C14H10ClN3O5. The van der Waals surface area contributed by atoms with Crippen LogP contribution in [0.4, 0.5) is 5.69 Å². The molecule has 0 spiro atoms. The van der Waals surface area contributed by atoms with Crippen molar-refractivity contribution in [1.82, 2.24) is 9.78 Å². The molecule has 118 valence electrons. The van der Waals surface area contributed by atoms with Gasteiger partial charge in [0.2, 0.25) is 12.6 Å². The van der Waals surface area contributed by atoms with E-state index < -0.39 is 10.7 Å². The van der Waals surface area contributed by atoms with Crippen LogP contribution in [0.2, 0.25) is 5.02 Å². The second kappa shape index (κ2) is 5.73. The second-order valence-corrected chi connectivity index (χ2v) is 5.13. The molecule has 0 saturated carbocycles. The molecule has 2 heterocycles. The first-order chi connectivity index (χ1) is 11.0. The average molecular weight is 336 g/mol. The Labute approximate surface area is 135 Å². The maximum atomic E-state index is 12.1. The molecular weight excluding hydrogens is 326 g/mol. The first-order valence-corrected chi connectivity index (χ1v) is 6.83. The van der Waals surface area contributed by atoms with Crippen molar-refractivity contribution < 1.29 is 19.2 Å². The van der Waals surface area contributed by atoms with Crippen molar-refractivity contribution in [1.29, 1.82) is 0 Å². The summed E-state index contributed by atoms with van der Waals surface area (Å²) in [4.78, 5) is 22.7. The van der Waals surface area contributed by atoms with E-state index in [9.17, 15) is 14.9 Å². The highest BCUT2D eigenvalue weighted by atomic mass is 35.5. The highest BCUT2D eigenvalue weighted by Crippen LogP contribution is 2.38. The number of aryl methyl sites for hydroxylation is 1. The molecule has 1 aromatic heterocycles. The second-order valence-electron chi connectivity index (χ2n) is 4.72. The number of carbonyl (C=O) groups excluding carboxylic acids is 1. The molecule has 1 aromatic carbocycles. The summed E-state index contributed by atoms with van der Waals surface area (Å²) in [6, 6.07) is 2.71. The van der Waals surface area contributed by atoms with Gasteiger partial charge in [-0.25, -0.2) is 0 Å². The standard InChI is InChI=1S/C14H10ClN3O5/c1-17-6-9(15)14(16-17)11(19)3-2-8-4-12-13(23-7-22-12)5-10(8)18(20)21/h2-6H,7H2,1H3. The molecule has 2 aromatic rings. The number of hydrogen-bond acceptors (Lipinski definition) is 6. The summed E-state index contributed by atoms with van der Waals surface area (Å²) in [5.74, 6) is 0.231. The Hall–Kier alpha value is -2.87. The zero-order valence-electron chi connectivity index (χ0n) is 11.9. The molecule has 0 saturated heterocycles. The van der Waals surface area contributed by atoms with Crippen LogP contribution < -0.4 is 9.47 Å². The van der Waals surface area contributed by atoms with Crippen LogP contribution in [0, 0.1) is 10.1 Å². The molecule has 8 nitrogen and oxygen atoms in total. The highest BCUT2D eigenvalue weighted by Gasteiger charge is 2.22. The molecule has 23 heavy (non-hydrogen) atoms. The lowest BCUT2D eigenvalue weighted by Gasteiger charge is -2.00. The largest absolute Gasteiger partial charge is 0.454 e. The SMILES string of the molecule is Cn1cc(Cl)c(C(=O)C=Cc2cc3c(cc2[N+](=O)[O-])OCO3)n1. The maximum absolute atomic E-state index is 12.1. The third kappa shape index (κ3) is 2.88. The summed E-state index contributed by atoms with van der Waals surface area (Å²) in [5.41, 5.74) is 0.110. The van der Waals surface area contributed by atoms with Crippen LogP contribution in [0.5, 0.6) is 11.5 Å². The molecule has 1 aliphatic heterocycles. The minimum atomic E-state index is -0.556. The van der Waals surface area contributed by atoms with Gasteiger partial charge in [0, 0.05) is 13.2 Å². The van der Waals surface area contributed by atoms with Gasteiger partial charge in [-0.1, -0.05) is 11.6 Å². The number of ether oxygens (including phenoxy) is 2. The van der Waals surface area contributed by atoms with E-state index in [1.807, 2.05) is 0 Å². The number of halogens is 1. The van der Waals surface area contributed by atoms with E-state index in [0.29, 0.717) is 11.5 Å². The third-order valence-corrected chi connectivity index (χ3v) is 3.43. The number of fused-ring (bicyclic) bond motifs is 1. The fraction of sp³-hybridized carbons (Fsp3) is 0.143. The van der Waals surface area contributed by atoms with Gasteiger partial charge in [0.25, 0.3) is 5.69 Å². The van der Waals surface area contributed by atoms with Gasteiger partial charge in [0.15, 0.2) is 17.2 Å². The van der Waals surface area contributed by atoms with Crippen LogP contribution in [-0.4, -0.2) is 27.3 Å². The summed E-state index contributed by atoms with van der Waals surface area (Å²) in [6.07, 6.45) is 4.00. The van der Waals surface area contributed by atoms with Gasteiger partial charge in [-0.15, -0.1) is 0 Å². The van der Waals surface area contributed by atoms with Crippen molar-refractivity contribution >= 4 is 29.1 Å². The number of rotatable bonds is 4. The predicted octanol–water partition coefficient (Wildman–Crippen LogP) is 2.61. The Bertz CT molecular complexity index is 843. The van der Waals surface area contributed by atoms with Crippen LogP contribution in [0.15, 0.2) is 24.4 Å². The van der Waals surface area contributed by atoms with Gasteiger partial charge in [-0.2, -0.15) is 5.10 Å². The minimum Gasteiger partial charge on any atom is -0.454 e. The monoisotopic (exact) mass is 335 g/mol. The fourth-order valence-electron chi connectivity index (χ4n) is 2.11. The number of ketones is 1. The zero-order valence-corrected chi connectivity index (χ0v) is 12.6. The molecule has 1 aliphatic rings. The number of nitro benzene ring substituents is 1. The average Bonchev–Trinajstić information content (AvgIpc) is 3.08. The van der Waals surface area contributed by atoms with Crippen LogP contribution in [0.25, 0.3) is 6.08 Å². The summed E-state index contributed by atoms with van der Waals surface area (Å²) < 4.78 is 11.7. The first kappa shape index (κ1) is 15.0. The lowest BCUT2D eigenvalue weighted by Crippen LogP contribution is -1.98.